The molecule has 0 aliphatic carbocycles. The highest BCUT2D eigenvalue weighted by molar-refractivity contribution is 6.32. The van der Waals surface area contributed by atoms with Gasteiger partial charge in [-0.3, -0.25) is 4.79 Å². The molecule has 0 atom stereocenters. The number of amides is 1. The number of nitrogens with zero attached hydrogens (tertiary/aromatic N) is 2. The van der Waals surface area contributed by atoms with Gasteiger partial charge < -0.3 is 4.74 Å². The Morgan fingerprint density at radius 2 is 1.59 bits per heavy atom. The van der Waals surface area contributed by atoms with E-state index in [0.717, 1.165) is 22.6 Å². The summed E-state index contributed by atoms with van der Waals surface area (Å²) < 4.78 is 6.09. The van der Waals surface area contributed by atoms with E-state index in [0.29, 0.717) is 17.9 Å². The summed E-state index contributed by atoms with van der Waals surface area (Å²) in [6.45, 7) is 4.40. The van der Waals surface area contributed by atoms with E-state index in [9.17, 15) is 4.79 Å². The molecule has 0 radical (unpaired) electrons. The van der Waals surface area contributed by atoms with Crippen LogP contribution >= 0.6 is 0 Å². The van der Waals surface area contributed by atoms with Gasteiger partial charge in [-0.25, -0.2) is 0 Å². The van der Waals surface area contributed by atoms with Crippen molar-refractivity contribution in [1.29, 1.82) is 0 Å². The van der Waals surface area contributed by atoms with Crippen molar-refractivity contribution in [1.82, 2.24) is 0 Å². The minimum Gasteiger partial charge on any atom is -0.488 e. The van der Waals surface area contributed by atoms with Crippen LogP contribution in [0, 0.1) is 6.92 Å². The molecule has 0 saturated carbocycles. The Bertz CT molecular complexity index is 1100. The predicted molar refractivity (Wildman–Crippen MR) is 117 cm³/mol. The lowest BCUT2D eigenvalue weighted by molar-refractivity contribution is -0.114. The number of benzene rings is 3. The second-order valence-electron chi connectivity index (χ2n) is 6.95. The zero-order valence-electron chi connectivity index (χ0n) is 16.5. The average molecular weight is 382 g/mol. The smallest absolute Gasteiger partial charge is 0.280 e. The third-order valence-corrected chi connectivity index (χ3v) is 4.93. The van der Waals surface area contributed by atoms with Crippen LogP contribution in [-0.4, -0.2) is 11.6 Å². The number of anilines is 1. The minimum atomic E-state index is -0.137. The molecule has 0 aromatic heterocycles. The molecule has 0 N–H and O–H groups in total. The van der Waals surface area contributed by atoms with Crippen molar-refractivity contribution in [3.63, 3.8) is 0 Å². The topological polar surface area (TPSA) is 41.9 Å². The second kappa shape index (κ2) is 8.15. The molecule has 1 aliphatic heterocycles. The number of aryl methyl sites for hydroxylation is 1. The molecule has 29 heavy (non-hydrogen) atoms. The lowest BCUT2D eigenvalue weighted by Crippen LogP contribution is -2.21. The molecule has 0 spiro atoms. The molecule has 3 aromatic carbocycles. The van der Waals surface area contributed by atoms with Crippen molar-refractivity contribution >= 4 is 23.4 Å². The van der Waals surface area contributed by atoms with Gasteiger partial charge in [0.1, 0.15) is 12.4 Å². The molecule has 4 rings (SSSR count). The zero-order valence-corrected chi connectivity index (χ0v) is 16.5. The van der Waals surface area contributed by atoms with Gasteiger partial charge in [0.25, 0.3) is 5.91 Å². The number of carbonyl (C=O) groups excluding carboxylic acids is 1. The first-order valence-corrected chi connectivity index (χ1v) is 9.56. The summed E-state index contributed by atoms with van der Waals surface area (Å²) in [5.74, 6) is 0.601. The fourth-order valence-electron chi connectivity index (χ4n) is 3.24. The van der Waals surface area contributed by atoms with Gasteiger partial charge in [-0.05, 0) is 49.2 Å². The second-order valence-corrected chi connectivity index (χ2v) is 6.95. The van der Waals surface area contributed by atoms with Crippen molar-refractivity contribution < 1.29 is 9.53 Å². The van der Waals surface area contributed by atoms with Crippen LogP contribution in [0.15, 0.2) is 89.5 Å². The van der Waals surface area contributed by atoms with Crippen molar-refractivity contribution in [3.8, 4) is 5.75 Å². The van der Waals surface area contributed by atoms with Gasteiger partial charge in [-0.1, -0.05) is 60.7 Å². The minimum absolute atomic E-state index is 0.137. The standard InChI is InChI=1S/C25H22N2O2/c1-18-10-6-7-12-21(18)17-29-24-15-9-8-11-20(24)16-23-19(2)26-27(25(23)28)22-13-4-3-5-14-22/h3-16H,17H2,1-2H3/b23-16-. The maximum Gasteiger partial charge on any atom is 0.280 e. The van der Waals surface area contributed by atoms with E-state index >= 15 is 0 Å². The molecule has 144 valence electrons. The predicted octanol–water partition coefficient (Wildman–Crippen LogP) is 5.38. The van der Waals surface area contributed by atoms with E-state index in [4.69, 9.17) is 4.74 Å². The van der Waals surface area contributed by atoms with Crippen LogP contribution in [0.4, 0.5) is 5.69 Å². The van der Waals surface area contributed by atoms with E-state index < -0.39 is 0 Å². The van der Waals surface area contributed by atoms with E-state index in [1.165, 1.54) is 10.6 Å². The Hall–Kier alpha value is -3.66. The highest BCUT2D eigenvalue weighted by atomic mass is 16.5. The normalized spacial score (nSPS) is 15.0. The van der Waals surface area contributed by atoms with Crippen LogP contribution in [0.5, 0.6) is 5.75 Å². The summed E-state index contributed by atoms with van der Waals surface area (Å²) in [6.07, 6.45) is 1.86. The first-order chi connectivity index (χ1) is 14.1. The van der Waals surface area contributed by atoms with Gasteiger partial charge in [0.05, 0.1) is 17.0 Å². The SMILES string of the molecule is CC1=NN(c2ccccc2)C(=O)/C1=C\c1ccccc1OCc1ccccc1C. The fourth-order valence-corrected chi connectivity index (χ4v) is 3.24. The number of carbonyl (C=O) groups is 1. The highest BCUT2D eigenvalue weighted by Crippen LogP contribution is 2.28. The molecular formula is C25H22N2O2. The number of hydrazone groups is 1. The van der Waals surface area contributed by atoms with Gasteiger partial charge in [-0.2, -0.15) is 10.1 Å². The average Bonchev–Trinajstić information content (AvgIpc) is 3.03. The quantitative estimate of drug-likeness (QED) is 0.556. The number of rotatable bonds is 5. The molecule has 3 aromatic rings. The van der Waals surface area contributed by atoms with Crippen molar-refractivity contribution in [2.24, 2.45) is 5.10 Å². The Kier molecular flexibility index (Phi) is 5.25. The van der Waals surface area contributed by atoms with E-state index in [-0.39, 0.29) is 5.91 Å². The maximum absolute atomic E-state index is 13.0. The van der Waals surface area contributed by atoms with Gasteiger partial charge in [0.2, 0.25) is 0 Å². The third-order valence-electron chi connectivity index (χ3n) is 4.93. The van der Waals surface area contributed by atoms with Crippen LogP contribution in [0.2, 0.25) is 0 Å². The van der Waals surface area contributed by atoms with Crippen molar-refractivity contribution in [2.75, 3.05) is 5.01 Å². The Morgan fingerprint density at radius 3 is 2.38 bits per heavy atom. The lowest BCUT2D eigenvalue weighted by atomic mass is 10.1. The summed E-state index contributed by atoms with van der Waals surface area (Å²) in [5, 5.41) is 5.89. The van der Waals surface area contributed by atoms with E-state index in [1.807, 2.05) is 79.7 Å². The molecule has 4 heteroatoms. The molecular weight excluding hydrogens is 360 g/mol. The first-order valence-electron chi connectivity index (χ1n) is 9.56. The zero-order chi connectivity index (χ0) is 20.2. The van der Waals surface area contributed by atoms with Gasteiger partial charge in [-0.15, -0.1) is 0 Å². The Balaban J connectivity index is 1.60. The molecule has 4 nitrogen and oxygen atoms in total. The summed E-state index contributed by atoms with van der Waals surface area (Å²) >= 11 is 0. The lowest BCUT2D eigenvalue weighted by Gasteiger charge is -2.12. The summed E-state index contributed by atoms with van der Waals surface area (Å²) in [5.41, 5.74) is 5.20. The van der Waals surface area contributed by atoms with E-state index in [1.54, 1.807) is 0 Å². The number of hydrogen-bond acceptors (Lipinski definition) is 3. The molecule has 0 fully saturated rings. The third kappa shape index (κ3) is 3.97. The molecule has 0 unspecified atom stereocenters. The highest BCUT2D eigenvalue weighted by Gasteiger charge is 2.28. The van der Waals surface area contributed by atoms with Crippen molar-refractivity contribution in [3.05, 3.63) is 101 Å². The summed E-state index contributed by atoms with van der Waals surface area (Å²) in [7, 11) is 0. The Morgan fingerprint density at radius 1 is 0.897 bits per heavy atom. The molecule has 1 aliphatic rings. The maximum atomic E-state index is 13.0. The van der Waals surface area contributed by atoms with Crippen LogP contribution in [0.3, 0.4) is 0 Å². The molecule has 0 bridgehead atoms. The first kappa shape index (κ1) is 18.7. The van der Waals surface area contributed by atoms with Crippen LogP contribution in [0.25, 0.3) is 6.08 Å². The van der Waals surface area contributed by atoms with Gasteiger partial charge >= 0.3 is 0 Å². The van der Waals surface area contributed by atoms with Gasteiger partial charge in [0, 0.05) is 5.56 Å². The van der Waals surface area contributed by atoms with Crippen LogP contribution < -0.4 is 9.75 Å². The van der Waals surface area contributed by atoms with E-state index in [2.05, 4.69) is 24.2 Å². The van der Waals surface area contributed by atoms with Crippen molar-refractivity contribution in [2.45, 2.75) is 20.5 Å². The molecule has 0 saturated heterocycles. The fraction of sp³-hybridized carbons (Fsp3) is 0.120. The number of ether oxygens (including phenoxy) is 1. The van der Waals surface area contributed by atoms with Gasteiger partial charge in [0.15, 0.2) is 0 Å². The molecule has 1 heterocycles. The Labute approximate surface area is 170 Å². The summed E-state index contributed by atoms with van der Waals surface area (Å²) in [6, 6.07) is 25.3. The number of para-hydroxylation sites is 2. The van der Waals surface area contributed by atoms with Crippen LogP contribution in [-0.2, 0) is 11.4 Å². The monoisotopic (exact) mass is 382 g/mol. The molecule has 1 amide bonds. The number of hydrogen-bond donors (Lipinski definition) is 0. The van der Waals surface area contributed by atoms with Crippen LogP contribution in [0.1, 0.15) is 23.6 Å². The summed E-state index contributed by atoms with van der Waals surface area (Å²) in [4.78, 5) is 13.0. The largest absolute Gasteiger partial charge is 0.488 e.